The molecule has 28 heavy (non-hydrogen) atoms. The number of nitrogens with zero attached hydrogens (tertiary/aromatic N) is 1. The summed E-state index contributed by atoms with van der Waals surface area (Å²) >= 11 is 0. The second kappa shape index (κ2) is 8.76. The van der Waals surface area contributed by atoms with Crippen LogP contribution in [0.25, 0.3) is 0 Å². The van der Waals surface area contributed by atoms with Crippen molar-refractivity contribution < 1.29 is 24.2 Å². The first-order valence-electron chi connectivity index (χ1n) is 8.79. The lowest BCUT2D eigenvalue weighted by Gasteiger charge is -2.22. The van der Waals surface area contributed by atoms with E-state index in [9.17, 15) is 19.5 Å². The fraction of sp³-hybridized carbons (Fsp3) is 0.500. The van der Waals surface area contributed by atoms with Crippen molar-refractivity contribution in [3.8, 4) is 5.75 Å². The zero-order chi connectivity index (χ0) is 19.6. The highest BCUT2D eigenvalue weighted by Crippen LogP contribution is 2.29. The van der Waals surface area contributed by atoms with Crippen molar-refractivity contribution in [1.82, 2.24) is 20.9 Å². The number of imide groups is 1. The lowest BCUT2D eigenvalue weighted by Crippen LogP contribution is -2.44. The Hall–Kier alpha value is -2.36. The fourth-order valence-corrected chi connectivity index (χ4v) is 3.33. The lowest BCUT2D eigenvalue weighted by molar-refractivity contribution is -0.134. The highest BCUT2D eigenvalue weighted by molar-refractivity contribution is 6.09. The molecule has 0 spiro atoms. The molecule has 154 valence electrons. The van der Waals surface area contributed by atoms with Crippen molar-refractivity contribution in [2.45, 2.75) is 18.6 Å². The third kappa shape index (κ3) is 4.21. The van der Waals surface area contributed by atoms with Gasteiger partial charge in [-0.05, 0) is 24.6 Å². The molecular formula is C18H25ClN4O5. The van der Waals surface area contributed by atoms with Gasteiger partial charge in [0, 0.05) is 25.6 Å². The standard InChI is InChI=1S/C18H24N4O5.ClH/c1-18(12-3-5-13(27-2)6-4-12)16(25)22(17(26)21-18)10-15(24)20-8-11-7-19-9-14(11)23;/h3-6,11,14,19,23H,7-10H2,1-2H3,(H,20,24)(H,21,26);1H. The number of carbonyl (C=O) groups is 3. The fourth-order valence-electron chi connectivity index (χ4n) is 3.33. The van der Waals surface area contributed by atoms with Crippen LogP contribution in [0.5, 0.6) is 5.75 Å². The van der Waals surface area contributed by atoms with Crippen LogP contribution in [0.3, 0.4) is 0 Å². The Morgan fingerprint density at radius 1 is 1.32 bits per heavy atom. The Kier molecular flexibility index (Phi) is 6.87. The van der Waals surface area contributed by atoms with E-state index < -0.39 is 29.5 Å². The number of methoxy groups -OCH3 is 1. The minimum atomic E-state index is -1.24. The third-order valence-electron chi connectivity index (χ3n) is 5.11. The van der Waals surface area contributed by atoms with E-state index >= 15 is 0 Å². The van der Waals surface area contributed by atoms with Gasteiger partial charge in [-0.15, -0.1) is 12.4 Å². The largest absolute Gasteiger partial charge is 0.497 e. The first-order valence-corrected chi connectivity index (χ1v) is 8.79. The summed E-state index contributed by atoms with van der Waals surface area (Å²) in [6.45, 7) is 2.63. The lowest BCUT2D eigenvalue weighted by atomic mass is 9.92. The van der Waals surface area contributed by atoms with Gasteiger partial charge in [0.2, 0.25) is 5.91 Å². The average molecular weight is 413 g/mol. The molecule has 2 fully saturated rings. The number of benzene rings is 1. The quantitative estimate of drug-likeness (QED) is 0.471. The van der Waals surface area contributed by atoms with E-state index in [4.69, 9.17) is 4.74 Å². The number of halogens is 1. The highest BCUT2D eigenvalue weighted by atomic mass is 35.5. The number of aliphatic hydroxyl groups excluding tert-OH is 1. The van der Waals surface area contributed by atoms with Crippen LogP contribution >= 0.6 is 12.4 Å². The van der Waals surface area contributed by atoms with Crippen LogP contribution < -0.4 is 20.7 Å². The predicted octanol–water partition coefficient (Wildman–Crippen LogP) is -0.419. The summed E-state index contributed by atoms with van der Waals surface area (Å²) in [5, 5.41) is 18.1. The van der Waals surface area contributed by atoms with Gasteiger partial charge in [0.1, 0.15) is 17.8 Å². The maximum absolute atomic E-state index is 12.8. The minimum Gasteiger partial charge on any atom is -0.497 e. The van der Waals surface area contributed by atoms with Crippen LogP contribution in [0.1, 0.15) is 12.5 Å². The number of nitrogens with one attached hydrogen (secondary N) is 3. The number of amides is 4. The average Bonchev–Trinajstić information content (AvgIpc) is 3.16. The van der Waals surface area contributed by atoms with Crippen LogP contribution in [0.2, 0.25) is 0 Å². The molecule has 3 atom stereocenters. The molecule has 0 saturated carbocycles. The molecule has 0 radical (unpaired) electrons. The summed E-state index contributed by atoms with van der Waals surface area (Å²) in [7, 11) is 1.54. The molecule has 0 aromatic heterocycles. The van der Waals surface area contributed by atoms with Crippen molar-refractivity contribution in [2.24, 2.45) is 5.92 Å². The Morgan fingerprint density at radius 2 is 2.00 bits per heavy atom. The SMILES string of the molecule is COc1ccc(C2(C)NC(=O)N(CC(=O)NCC3CNCC3O)C2=O)cc1.Cl. The van der Waals surface area contributed by atoms with Gasteiger partial charge in [-0.1, -0.05) is 12.1 Å². The molecule has 0 bridgehead atoms. The summed E-state index contributed by atoms with van der Waals surface area (Å²) in [5.74, 6) is -0.382. The minimum absolute atomic E-state index is 0. The number of urea groups is 1. The summed E-state index contributed by atoms with van der Waals surface area (Å²) in [6.07, 6.45) is -0.514. The molecule has 2 saturated heterocycles. The van der Waals surface area contributed by atoms with Crippen molar-refractivity contribution >= 4 is 30.3 Å². The van der Waals surface area contributed by atoms with Crippen molar-refractivity contribution in [3.05, 3.63) is 29.8 Å². The van der Waals surface area contributed by atoms with E-state index in [0.29, 0.717) is 24.4 Å². The number of carbonyl (C=O) groups excluding carboxylic acids is 3. The molecule has 4 N–H and O–H groups in total. The third-order valence-corrected chi connectivity index (χ3v) is 5.11. The summed E-state index contributed by atoms with van der Waals surface area (Å²) in [4.78, 5) is 38.2. The molecule has 2 heterocycles. The Bertz CT molecular complexity index is 744. The highest BCUT2D eigenvalue weighted by Gasteiger charge is 2.49. The molecule has 9 nitrogen and oxygen atoms in total. The number of rotatable bonds is 6. The number of hydrogen-bond donors (Lipinski definition) is 4. The van der Waals surface area contributed by atoms with Gasteiger partial charge in [-0.2, -0.15) is 0 Å². The Morgan fingerprint density at radius 3 is 2.57 bits per heavy atom. The molecule has 0 aliphatic carbocycles. The molecule has 3 unspecified atom stereocenters. The molecule has 4 amide bonds. The van der Waals surface area contributed by atoms with Gasteiger partial charge in [0.15, 0.2) is 0 Å². The van der Waals surface area contributed by atoms with Gasteiger partial charge >= 0.3 is 6.03 Å². The summed E-state index contributed by atoms with van der Waals surface area (Å²) in [6, 6.07) is 6.20. The van der Waals surface area contributed by atoms with Crippen molar-refractivity contribution in [1.29, 1.82) is 0 Å². The monoisotopic (exact) mass is 412 g/mol. The summed E-state index contributed by atoms with van der Waals surface area (Å²) < 4.78 is 5.11. The molecule has 1 aromatic carbocycles. The van der Waals surface area contributed by atoms with E-state index in [0.717, 1.165) is 4.90 Å². The van der Waals surface area contributed by atoms with Gasteiger partial charge in [0.05, 0.1) is 13.2 Å². The van der Waals surface area contributed by atoms with Gasteiger partial charge in [-0.3, -0.25) is 14.5 Å². The molecule has 3 rings (SSSR count). The molecular weight excluding hydrogens is 388 g/mol. The van der Waals surface area contributed by atoms with Crippen LogP contribution in [0, 0.1) is 5.92 Å². The van der Waals surface area contributed by atoms with E-state index in [1.54, 1.807) is 38.3 Å². The second-order valence-electron chi connectivity index (χ2n) is 6.96. The predicted molar refractivity (Wildman–Crippen MR) is 103 cm³/mol. The summed E-state index contributed by atoms with van der Waals surface area (Å²) in [5.41, 5.74) is -0.639. The zero-order valence-corrected chi connectivity index (χ0v) is 16.5. The van der Waals surface area contributed by atoms with Crippen molar-refractivity contribution in [3.63, 3.8) is 0 Å². The number of ether oxygens (including phenoxy) is 1. The zero-order valence-electron chi connectivity index (χ0n) is 15.7. The molecule has 2 aliphatic heterocycles. The van der Waals surface area contributed by atoms with E-state index in [2.05, 4.69) is 16.0 Å². The second-order valence-corrected chi connectivity index (χ2v) is 6.96. The van der Waals surface area contributed by atoms with E-state index in [-0.39, 0.29) is 31.4 Å². The van der Waals surface area contributed by atoms with Crippen LogP contribution in [-0.2, 0) is 15.1 Å². The maximum Gasteiger partial charge on any atom is 0.325 e. The van der Waals surface area contributed by atoms with Crippen LogP contribution in [0.4, 0.5) is 4.79 Å². The molecule has 2 aliphatic rings. The van der Waals surface area contributed by atoms with Gasteiger partial charge < -0.3 is 25.8 Å². The van der Waals surface area contributed by atoms with E-state index in [1.807, 2.05) is 0 Å². The van der Waals surface area contributed by atoms with Crippen molar-refractivity contribution in [2.75, 3.05) is 33.3 Å². The van der Waals surface area contributed by atoms with Gasteiger partial charge in [-0.25, -0.2) is 4.79 Å². The topological polar surface area (TPSA) is 120 Å². The maximum atomic E-state index is 12.8. The molecule has 10 heteroatoms. The smallest absolute Gasteiger partial charge is 0.325 e. The first-order chi connectivity index (χ1) is 12.8. The Labute approximate surface area is 169 Å². The Balaban J connectivity index is 0.00000280. The van der Waals surface area contributed by atoms with Crippen LogP contribution in [-0.4, -0.2) is 67.2 Å². The van der Waals surface area contributed by atoms with E-state index in [1.165, 1.54) is 0 Å². The molecule has 1 aromatic rings. The normalized spacial score (nSPS) is 26.6. The van der Waals surface area contributed by atoms with Gasteiger partial charge in [0.25, 0.3) is 5.91 Å². The number of β-amino-alcohol motifs (C(OH)–C–C–N with tert-alkyl or cyclic N) is 1. The number of hydrogen-bond acceptors (Lipinski definition) is 6. The van der Waals surface area contributed by atoms with Crippen LogP contribution in [0.15, 0.2) is 24.3 Å². The number of aliphatic hydroxyl groups is 1. The first kappa shape index (κ1) is 21.9.